The van der Waals surface area contributed by atoms with E-state index in [1.807, 2.05) is 6.07 Å². The Bertz CT molecular complexity index is 834. The first-order valence-electron chi connectivity index (χ1n) is 9.47. The van der Waals surface area contributed by atoms with Crippen molar-refractivity contribution >= 4 is 18.2 Å². The molecule has 0 bridgehead atoms. The Kier molecular flexibility index (Phi) is 5.80. The van der Waals surface area contributed by atoms with Crippen LogP contribution in [0.2, 0.25) is 0 Å². The molecular formula is C21H21F2NO3S. The molecule has 0 amide bonds. The van der Waals surface area contributed by atoms with E-state index in [1.54, 1.807) is 24.0 Å². The van der Waals surface area contributed by atoms with Crippen molar-refractivity contribution in [3.63, 3.8) is 0 Å². The van der Waals surface area contributed by atoms with Gasteiger partial charge in [0.05, 0.1) is 0 Å². The summed E-state index contributed by atoms with van der Waals surface area (Å²) >= 11 is 1.72. The number of rotatable bonds is 8. The molecule has 2 aliphatic rings. The van der Waals surface area contributed by atoms with Gasteiger partial charge in [0.2, 0.25) is 0 Å². The molecule has 0 N–H and O–H groups in total. The van der Waals surface area contributed by atoms with Crippen molar-refractivity contribution in [3.05, 3.63) is 53.2 Å². The first-order chi connectivity index (χ1) is 13.7. The minimum atomic E-state index is -0.749. The topological polar surface area (TPSA) is 48.4 Å². The second-order valence-corrected chi connectivity index (χ2v) is 8.50. The number of hydrogen-bond donors (Lipinski definition) is 0. The van der Waals surface area contributed by atoms with Crippen LogP contribution < -0.4 is 4.74 Å². The molecule has 2 unspecified atom stereocenters. The van der Waals surface area contributed by atoms with Gasteiger partial charge in [-0.2, -0.15) is 0 Å². The number of ether oxygens (including phenoxy) is 2. The van der Waals surface area contributed by atoms with E-state index >= 15 is 0 Å². The maximum Gasteiger partial charge on any atom is 0.293 e. The smallest absolute Gasteiger partial charge is 0.293 e. The van der Waals surface area contributed by atoms with E-state index in [4.69, 9.17) is 9.47 Å². The highest BCUT2D eigenvalue weighted by molar-refractivity contribution is 7.99. The molecule has 4 nitrogen and oxygen atoms in total. The lowest BCUT2D eigenvalue weighted by atomic mass is 10.1. The molecule has 0 aliphatic heterocycles. The number of pyridine rings is 1. The van der Waals surface area contributed by atoms with Crippen LogP contribution in [0, 0.1) is 11.6 Å². The molecule has 1 aromatic heterocycles. The van der Waals surface area contributed by atoms with Gasteiger partial charge in [0.25, 0.3) is 6.47 Å². The van der Waals surface area contributed by atoms with Crippen molar-refractivity contribution in [3.8, 4) is 5.75 Å². The van der Waals surface area contributed by atoms with Crippen LogP contribution in [-0.2, 0) is 16.1 Å². The summed E-state index contributed by atoms with van der Waals surface area (Å²) in [5.74, 6) is -2.05. The fourth-order valence-corrected chi connectivity index (χ4v) is 4.91. The number of aromatic nitrogens is 1. The molecule has 0 radical (unpaired) electrons. The molecule has 1 aromatic carbocycles. The maximum absolute atomic E-state index is 14.4. The highest BCUT2D eigenvalue weighted by atomic mass is 32.2. The van der Waals surface area contributed by atoms with Gasteiger partial charge in [0.1, 0.15) is 17.7 Å². The molecule has 2 saturated carbocycles. The Balaban J connectivity index is 1.44. The number of hydrogen-bond acceptors (Lipinski definition) is 5. The number of carbonyl (C=O) groups is 1. The molecule has 2 fully saturated rings. The fraction of sp³-hybridized carbons (Fsp3) is 0.429. The molecular weight excluding hydrogens is 384 g/mol. The lowest BCUT2D eigenvalue weighted by Gasteiger charge is -2.14. The molecule has 2 aromatic rings. The summed E-state index contributed by atoms with van der Waals surface area (Å²) in [5, 5.41) is 1.40. The number of carbonyl (C=O) groups excluding carboxylic acids is 1. The van der Waals surface area contributed by atoms with Gasteiger partial charge < -0.3 is 9.47 Å². The molecule has 148 valence electrons. The zero-order valence-corrected chi connectivity index (χ0v) is 16.1. The zero-order chi connectivity index (χ0) is 19.5. The molecule has 0 spiro atoms. The lowest BCUT2D eigenvalue weighted by Crippen LogP contribution is -2.05. The Morgan fingerprint density at radius 2 is 1.96 bits per heavy atom. The summed E-state index contributed by atoms with van der Waals surface area (Å²) in [6.45, 7) is 0.417. The molecule has 1 heterocycles. The largest absolute Gasteiger partial charge is 0.483 e. The second-order valence-electron chi connectivity index (χ2n) is 7.21. The third kappa shape index (κ3) is 4.29. The van der Waals surface area contributed by atoms with E-state index < -0.39 is 17.4 Å². The Labute approximate surface area is 166 Å². The normalized spacial score (nSPS) is 21.5. The highest BCUT2D eigenvalue weighted by Gasteiger charge is 2.41. The quantitative estimate of drug-likeness (QED) is 0.578. The Morgan fingerprint density at radius 3 is 2.68 bits per heavy atom. The van der Waals surface area contributed by atoms with Gasteiger partial charge in [-0.05, 0) is 43.0 Å². The number of nitrogens with zero attached hydrogens (tertiary/aromatic N) is 1. The van der Waals surface area contributed by atoms with Gasteiger partial charge in [-0.1, -0.05) is 18.9 Å². The van der Waals surface area contributed by atoms with Crippen LogP contribution >= 0.6 is 11.8 Å². The maximum atomic E-state index is 14.4. The van der Waals surface area contributed by atoms with E-state index in [1.165, 1.54) is 37.8 Å². The first kappa shape index (κ1) is 19.2. The van der Waals surface area contributed by atoms with Gasteiger partial charge in [0, 0.05) is 22.9 Å². The highest BCUT2D eigenvalue weighted by Crippen LogP contribution is 2.44. The number of halogens is 2. The van der Waals surface area contributed by atoms with Crippen molar-refractivity contribution < 1.29 is 23.0 Å². The third-order valence-corrected chi connectivity index (χ3v) is 6.61. The van der Waals surface area contributed by atoms with Crippen LogP contribution in [0.3, 0.4) is 0 Å². The van der Waals surface area contributed by atoms with Gasteiger partial charge in [0.15, 0.2) is 17.4 Å². The van der Waals surface area contributed by atoms with E-state index in [0.29, 0.717) is 23.7 Å². The monoisotopic (exact) mass is 405 g/mol. The van der Waals surface area contributed by atoms with E-state index in [9.17, 15) is 13.6 Å². The van der Waals surface area contributed by atoms with Gasteiger partial charge >= 0.3 is 0 Å². The van der Waals surface area contributed by atoms with Crippen LogP contribution in [0.15, 0.2) is 35.5 Å². The second kappa shape index (κ2) is 8.47. The SMILES string of the molecule is O=COC1CC1c1cc(F)c(OCc2cccnc2SC2CCCC2)c(F)c1. The fourth-order valence-electron chi connectivity index (χ4n) is 3.63. The van der Waals surface area contributed by atoms with Gasteiger partial charge in [-0.15, -0.1) is 11.8 Å². The summed E-state index contributed by atoms with van der Waals surface area (Å²) < 4.78 is 39.2. The van der Waals surface area contributed by atoms with Crippen LogP contribution in [-0.4, -0.2) is 22.8 Å². The lowest BCUT2D eigenvalue weighted by molar-refractivity contribution is -0.129. The molecule has 4 rings (SSSR count). The van der Waals surface area contributed by atoms with Crippen molar-refractivity contribution in [1.82, 2.24) is 4.98 Å². The number of benzene rings is 1. The average Bonchev–Trinajstić information content (AvgIpc) is 3.26. The summed E-state index contributed by atoms with van der Waals surface area (Å²) in [6, 6.07) is 6.19. The predicted octanol–water partition coefficient (Wildman–Crippen LogP) is 5.00. The predicted molar refractivity (Wildman–Crippen MR) is 101 cm³/mol. The van der Waals surface area contributed by atoms with Crippen LogP contribution in [0.25, 0.3) is 0 Å². The first-order valence-corrected chi connectivity index (χ1v) is 10.3. The molecule has 2 atom stereocenters. The van der Waals surface area contributed by atoms with Gasteiger partial charge in [-0.3, -0.25) is 4.79 Å². The molecule has 2 aliphatic carbocycles. The van der Waals surface area contributed by atoms with Crippen LogP contribution in [0.5, 0.6) is 5.75 Å². The average molecular weight is 405 g/mol. The van der Waals surface area contributed by atoms with E-state index in [-0.39, 0.29) is 18.6 Å². The minimum absolute atomic E-state index is 0.0520. The van der Waals surface area contributed by atoms with Gasteiger partial charge in [-0.25, -0.2) is 13.8 Å². The Morgan fingerprint density at radius 1 is 1.21 bits per heavy atom. The van der Waals surface area contributed by atoms with Crippen molar-refractivity contribution in [2.24, 2.45) is 0 Å². The van der Waals surface area contributed by atoms with E-state index in [0.717, 1.165) is 10.6 Å². The molecule has 7 heteroatoms. The molecule has 0 saturated heterocycles. The summed E-state index contributed by atoms with van der Waals surface area (Å²) in [7, 11) is 0. The standard InChI is InChI=1S/C21H21F2NO3S/c22-17-8-14(16-10-19(16)27-12-25)9-18(23)20(17)26-11-13-4-3-7-24-21(13)28-15-5-1-2-6-15/h3-4,7-9,12,15-16,19H,1-2,5-6,10-11H2. The van der Waals surface area contributed by atoms with Crippen molar-refractivity contribution in [2.45, 2.75) is 61.0 Å². The van der Waals surface area contributed by atoms with Crippen LogP contribution in [0.1, 0.15) is 49.1 Å². The Hall–Kier alpha value is -2.15. The summed E-state index contributed by atoms with van der Waals surface area (Å²) in [5.41, 5.74) is 1.30. The number of thioether (sulfide) groups is 1. The van der Waals surface area contributed by atoms with E-state index in [2.05, 4.69) is 4.98 Å². The summed E-state index contributed by atoms with van der Waals surface area (Å²) in [6.07, 6.45) is 6.82. The van der Waals surface area contributed by atoms with Crippen molar-refractivity contribution in [2.75, 3.05) is 0 Å². The molecule has 28 heavy (non-hydrogen) atoms. The zero-order valence-electron chi connectivity index (χ0n) is 15.3. The minimum Gasteiger partial charge on any atom is -0.483 e. The summed E-state index contributed by atoms with van der Waals surface area (Å²) in [4.78, 5) is 14.8. The van der Waals surface area contributed by atoms with Crippen molar-refractivity contribution in [1.29, 1.82) is 0 Å². The van der Waals surface area contributed by atoms with Crippen LogP contribution in [0.4, 0.5) is 8.78 Å². The third-order valence-electron chi connectivity index (χ3n) is 5.21.